The SMILES string of the molecule is CC1(CNc2nc(NN)nc(-n3ccnc3)n2)CCCS1. The van der Waals surface area contributed by atoms with Crippen molar-refractivity contribution in [1.29, 1.82) is 0 Å². The normalized spacial score (nSPS) is 21.4. The Bertz CT molecular complexity index is 593. The Morgan fingerprint density at radius 2 is 2.24 bits per heavy atom. The molecular weight excluding hydrogens is 288 g/mol. The van der Waals surface area contributed by atoms with E-state index in [9.17, 15) is 0 Å². The molecule has 4 N–H and O–H groups in total. The molecule has 3 rings (SSSR count). The summed E-state index contributed by atoms with van der Waals surface area (Å²) in [6.45, 7) is 3.08. The summed E-state index contributed by atoms with van der Waals surface area (Å²) in [5, 5.41) is 3.29. The zero-order valence-electron chi connectivity index (χ0n) is 11.8. The molecule has 0 aliphatic carbocycles. The highest BCUT2D eigenvalue weighted by Gasteiger charge is 2.29. The Morgan fingerprint density at radius 1 is 1.38 bits per heavy atom. The maximum atomic E-state index is 5.43. The number of hydrogen-bond acceptors (Lipinski definition) is 8. The van der Waals surface area contributed by atoms with Crippen molar-refractivity contribution < 1.29 is 0 Å². The molecule has 9 heteroatoms. The third kappa shape index (κ3) is 3.24. The number of imidazole rings is 1. The van der Waals surface area contributed by atoms with Crippen molar-refractivity contribution in [3.63, 3.8) is 0 Å². The summed E-state index contributed by atoms with van der Waals surface area (Å²) in [5.74, 6) is 7.94. The van der Waals surface area contributed by atoms with Gasteiger partial charge in [0, 0.05) is 23.7 Å². The third-order valence-electron chi connectivity index (χ3n) is 3.41. The van der Waals surface area contributed by atoms with Gasteiger partial charge in [-0.25, -0.2) is 10.8 Å². The summed E-state index contributed by atoms with van der Waals surface area (Å²) in [4.78, 5) is 16.8. The highest BCUT2D eigenvalue weighted by atomic mass is 32.2. The fourth-order valence-electron chi connectivity index (χ4n) is 2.24. The van der Waals surface area contributed by atoms with Gasteiger partial charge >= 0.3 is 0 Å². The number of nitrogens with two attached hydrogens (primary N) is 1. The van der Waals surface area contributed by atoms with Crippen LogP contribution >= 0.6 is 11.8 Å². The van der Waals surface area contributed by atoms with Crippen LogP contribution in [0, 0.1) is 0 Å². The first kappa shape index (κ1) is 14.1. The van der Waals surface area contributed by atoms with Gasteiger partial charge in [-0.3, -0.25) is 9.99 Å². The van der Waals surface area contributed by atoms with E-state index in [1.165, 1.54) is 18.6 Å². The van der Waals surface area contributed by atoms with Gasteiger partial charge in [-0.15, -0.1) is 0 Å². The van der Waals surface area contributed by atoms with Crippen LogP contribution in [-0.2, 0) is 0 Å². The van der Waals surface area contributed by atoms with Crippen LogP contribution in [0.2, 0.25) is 0 Å². The molecule has 1 aliphatic heterocycles. The average Bonchev–Trinajstić information content (AvgIpc) is 3.17. The molecular formula is C12H18N8S. The van der Waals surface area contributed by atoms with Crippen molar-refractivity contribution in [2.75, 3.05) is 23.0 Å². The minimum Gasteiger partial charge on any atom is -0.353 e. The molecule has 1 fully saturated rings. The van der Waals surface area contributed by atoms with Gasteiger partial charge in [0.2, 0.25) is 17.8 Å². The molecule has 0 aromatic carbocycles. The van der Waals surface area contributed by atoms with E-state index in [2.05, 4.69) is 37.6 Å². The summed E-state index contributed by atoms with van der Waals surface area (Å²) in [6.07, 6.45) is 7.53. The summed E-state index contributed by atoms with van der Waals surface area (Å²) < 4.78 is 1.94. The fourth-order valence-corrected chi connectivity index (χ4v) is 3.49. The molecule has 1 atom stereocenters. The fraction of sp³-hybridized carbons (Fsp3) is 0.500. The van der Waals surface area contributed by atoms with Gasteiger partial charge in [0.25, 0.3) is 0 Å². The second-order valence-corrected chi connectivity index (χ2v) is 6.83. The minimum absolute atomic E-state index is 0.234. The molecule has 1 unspecified atom stereocenters. The molecule has 0 saturated carbocycles. The van der Waals surface area contributed by atoms with Gasteiger partial charge < -0.3 is 5.32 Å². The lowest BCUT2D eigenvalue weighted by Crippen LogP contribution is -2.28. The lowest BCUT2D eigenvalue weighted by Gasteiger charge is -2.22. The van der Waals surface area contributed by atoms with Crippen LogP contribution < -0.4 is 16.6 Å². The van der Waals surface area contributed by atoms with Crippen molar-refractivity contribution in [2.24, 2.45) is 5.84 Å². The van der Waals surface area contributed by atoms with Crippen LogP contribution in [0.25, 0.3) is 5.95 Å². The number of nitrogens with one attached hydrogen (secondary N) is 2. The van der Waals surface area contributed by atoms with E-state index >= 15 is 0 Å². The van der Waals surface area contributed by atoms with Crippen molar-refractivity contribution in [3.8, 4) is 5.95 Å². The topological polar surface area (TPSA) is 107 Å². The molecule has 1 aliphatic rings. The highest BCUT2D eigenvalue weighted by molar-refractivity contribution is 8.00. The number of rotatable bonds is 5. The van der Waals surface area contributed by atoms with E-state index in [4.69, 9.17) is 5.84 Å². The zero-order chi connectivity index (χ0) is 14.7. The molecule has 8 nitrogen and oxygen atoms in total. The van der Waals surface area contributed by atoms with Crippen LogP contribution in [0.15, 0.2) is 18.7 Å². The number of thioether (sulfide) groups is 1. The smallest absolute Gasteiger partial charge is 0.243 e. The van der Waals surface area contributed by atoms with Crippen LogP contribution in [0.3, 0.4) is 0 Å². The Hall–Kier alpha value is -1.87. The monoisotopic (exact) mass is 306 g/mol. The van der Waals surface area contributed by atoms with E-state index in [1.54, 1.807) is 23.3 Å². The number of hydrogen-bond donors (Lipinski definition) is 3. The van der Waals surface area contributed by atoms with Gasteiger partial charge in [-0.1, -0.05) is 0 Å². The molecule has 21 heavy (non-hydrogen) atoms. The molecule has 0 amide bonds. The van der Waals surface area contributed by atoms with Crippen molar-refractivity contribution in [2.45, 2.75) is 24.5 Å². The third-order valence-corrected chi connectivity index (χ3v) is 4.95. The quantitative estimate of drug-likeness (QED) is 0.556. The maximum absolute atomic E-state index is 5.43. The van der Waals surface area contributed by atoms with Crippen LogP contribution in [0.1, 0.15) is 19.8 Å². The first-order valence-electron chi connectivity index (χ1n) is 6.77. The summed E-state index contributed by atoms with van der Waals surface area (Å²) in [6, 6.07) is 0. The number of aromatic nitrogens is 5. The summed E-state index contributed by atoms with van der Waals surface area (Å²) >= 11 is 1.99. The van der Waals surface area contributed by atoms with E-state index in [0.717, 1.165) is 6.54 Å². The molecule has 0 spiro atoms. The Labute approximate surface area is 127 Å². The van der Waals surface area contributed by atoms with Gasteiger partial charge in [-0.05, 0) is 25.5 Å². The number of anilines is 2. The second kappa shape index (κ2) is 5.86. The van der Waals surface area contributed by atoms with Crippen LogP contribution in [0.4, 0.5) is 11.9 Å². The predicted octanol–water partition coefficient (Wildman–Crippen LogP) is 1.04. The van der Waals surface area contributed by atoms with Gasteiger partial charge in [-0.2, -0.15) is 26.7 Å². The van der Waals surface area contributed by atoms with Gasteiger partial charge in [0.15, 0.2) is 0 Å². The minimum atomic E-state index is 0.234. The Kier molecular flexibility index (Phi) is 3.93. The van der Waals surface area contributed by atoms with Gasteiger partial charge in [0.05, 0.1) is 0 Å². The molecule has 0 radical (unpaired) electrons. The van der Waals surface area contributed by atoms with Crippen molar-refractivity contribution in [3.05, 3.63) is 18.7 Å². The van der Waals surface area contributed by atoms with E-state index in [0.29, 0.717) is 17.8 Å². The van der Waals surface area contributed by atoms with Crippen LogP contribution in [0.5, 0.6) is 0 Å². The van der Waals surface area contributed by atoms with Crippen molar-refractivity contribution in [1.82, 2.24) is 24.5 Å². The first-order valence-corrected chi connectivity index (χ1v) is 7.76. The molecule has 2 aromatic rings. The average molecular weight is 306 g/mol. The zero-order valence-corrected chi connectivity index (χ0v) is 12.6. The molecule has 0 bridgehead atoms. The molecule has 2 aromatic heterocycles. The lowest BCUT2D eigenvalue weighted by molar-refractivity contribution is 0.632. The highest BCUT2D eigenvalue weighted by Crippen LogP contribution is 2.37. The first-order chi connectivity index (χ1) is 10.2. The lowest BCUT2D eigenvalue weighted by atomic mass is 10.1. The standard InChI is InChI=1S/C12H18N8S/c1-12(3-2-6-21-12)7-15-9-16-10(19-13)18-11(17-9)20-5-4-14-8-20/h4-5,8H,2-3,6-7,13H2,1H3,(H2,15,16,17,18,19). The molecule has 3 heterocycles. The largest absolute Gasteiger partial charge is 0.353 e. The Balaban J connectivity index is 1.79. The van der Waals surface area contributed by atoms with Crippen LogP contribution in [-0.4, -0.2) is 41.5 Å². The number of nitrogen functional groups attached to an aromatic ring is 1. The predicted molar refractivity (Wildman–Crippen MR) is 83.3 cm³/mol. The number of nitrogens with zero attached hydrogens (tertiary/aromatic N) is 5. The maximum Gasteiger partial charge on any atom is 0.243 e. The number of hydrazine groups is 1. The summed E-state index contributed by atoms with van der Waals surface area (Å²) in [7, 11) is 0. The summed E-state index contributed by atoms with van der Waals surface area (Å²) in [5.41, 5.74) is 2.47. The second-order valence-electron chi connectivity index (χ2n) is 5.15. The van der Waals surface area contributed by atoms with Crippen molar-refractivity contribution >= 4 is 23.7 Å². The Morgan fingerprint density at radius 3 is 2.90 bits per heavy atom. The molecule has 1 saturated heterocycles. The van der Waals surface area contributed by atoms with E-state index in [1.807, 2.05) is 11.8 Å². The molecule has 112 valence electrons. The van der Waals surface area contributed by atoms with E-state index in [-0.39, 0.29) is 4.75 Å². The van der Waals surface area contributed by atoms with E-state index < -0.39 is 0 Å². The van der Waals surface area contributed by atoms with Gasteiger partial charge in [0.1, 0.15) is 6.33 Å².